The van der Waals surface area contributed by atoms with Crippen molar-refractivity contribution in [3.8, 4) is 0 Å². The summed E-state index contributed by atoms with van der Waals surface area (Å²) in [4.78, 5) is 34.5. The van der Waals surface area contributed by atoms with Crippen molar-refractivity contribution in [3.05, 3.63) is 136 Å². The van der Waals surface area contributed by atoms with Crippen LogP contribution in [0.5, 0.6) is 0 Å². The molecule has 0 aliphatic carbocycles. The van der Waals surface area contributed by atoms with Crippen molar-refractivity contribution in [1.29, 1.82) is 0 Å². The maximum Gasteiger partial charge on any atom is 0.261 e. The van der Waals surface area contributed by atoms with Gasteiger partial charge in [-0.15, -0.1) is 11.6 Å². The van der Waals surface area contributed by atoms with Crippen molar-refractivity contribution >= 4 is 28.4 Å². The number of rotatable bonds is 10. The molecule has 2 heterocycles. The van der Waals surface area contributed by atoms with Gasteiger partial charge in [-0.1, -0.05) is 72.8 Å². The Labute approximate surface area is 226 Å². The fourth-order valence-electron chi connectivity index (χ4n) is 4.67. The number of aromatic nitrogens is 2. The van der Waals surface area contributed by atoms with Crippen LogP contribution in [0.1, 0.15) is 41.6 Å². The van der Waals surface area contributed by atoms with Gasteiger partial charge in [-0.05, 0) is 41.8 Å². The Hall–Kier alpha value is -4.16. The van der Waals surface area contributed by atoms with Crippen LogP contribution >= 0.6 is 11.6 Å². The Morgan fingerprint density at radius 1 is 0.921 bits per heavy atom. The molecule has 0 N–H and O–H groups in total. The van der Waals surface area contributed by atoms with E-state index in [0.717, 1.165) is 11.1 Å². The molecule has 0 saturated heterocycles. The standard InChI is InChI=1S/C31H28ClN3O3/c32-19-9-18-28(36)34(22-25-15-10-20-38-25)29(24-13-5-2-6-14-24)30-33-27-17-8-7-16-26(27)31(37)35(30)21-23-11-3-1-4-12-23/h1-8,10-17,20,29H,9,18-19,21-22H2. The predicted molar refractivity (Wildman–Crippen MR) is 149 cm³/mol. The minimum absolute atomic E-state index is 0.0930. The SMILES string of the molecule is O=C(CCCCl)N(Cc1ccco1)C(c1ccccc1)c1nc2ccccc2c(=O)n1Cc1ccccc1. The van der Waals surface area contributed by atoms with Crippen LogP contribution in [0.15, 0.2) is 113 Å². The number of furan rings is 1. The number of nitrogens with zero attached hydrogens (tertiary/aromatic N) is 3. The molecule has 0 aliphatic heterocycles. The Morgan fingerprint density at radius 3 is 2.34 bits per heavy atom. The molecule has 1 atom stereocenters. The van der Waals surface area contributed by atoms with Gasteiger partial charge in [0, 0.05) is 12.3 Å². The maximum absolute atomic E-state index is 14.0. The Morgan fingerprint density at radius 2 is 1.63 bits per heavy atom. The lowest BCUT2D eigenvalue weighted by atomic mass is 10.0. The predicted octanol–water partition coefficient (Wildman–Crippen LogP) is 6.18. The molecule has 0 fully saturated rings. The van der Waals surface area contributed by atoms with E-state index >= 15 is 0 Å². The number of halogens is 1. The molecule has 2 aromatic heterocycles. The van der Waals surface area contributed by atoms with Gasteiger partial charge in [0.2, 0.25) is 5.91 Å². The summed E-state index contributed by atoms with van der Waals surface area (Å²) in [5.74, 6) is 1.42. The van der Waals surface area contributed by atoms with Gasteiger partial charge in [0.05, 0.1) is 30.3 Å². The largest absolute Gasteiger partial charge is 0.467 e. The van der Waals surface area contributed by atoms with E-state index in [-0.39, 0.29) is 24.4 Å². The zero-order valence-electron chi connectivity index (χ0n) is 20.9. The average Bonchev–Trinajstić information content (AvgIpc) is 3.48. The molecule has 1 amide bonds. The van der Waals surface area contributed by atoms with Crippen molar-refractivity contribution in [2.24, 2.45) is 0 Å². The number of fused-ring (bicyclic) bond motifs is 1. The first kappa shape index (κ1) is 25.5. The number of benzene rings is 3. The summed E-state index contributed by atoms with van der Waals surface area (Å²) < 4.78 is 7.35. The Balaban J connectivity index is 1.75. The van der Waals surface area contributed by atoms with Crippen molar-refractivity contribution in [3.63, 3.8) is 0 Å². The van der Waals surface area contributed by atoms with Crippen LogP contribution < -0.4 is 5.56 Å². The lowest BCUT2D eigenvalue weighted by Gasteiger charge is -2.33. The first-order valence-electron chi connectivity index (χ1n) is 12.6. The zero-order valence-corrected chi connectivity index (χ0v) is 21.6. The molecule has 0 radical (unpaired) electrons. The summed E-state index contributed by atoms with van der Waals surface area (Å²) in [6.07, 6.45) is 2.40. The van der Waals surface area contributed by atoms with Crippen molar-refractivity contribution in [2.45, 2.75) is 32.0 Å². The van der Waals surface area contributed by atoms with E-state index in [1.165, 1.54) is 0 Å². The van der Waals surface area contributed by atoms with Crippen molar-refractivity contribution < 1.29 is 9.21 Å². The topological polar surface area (TPSA) is 68.3 Å². The third kappa shape index (κ3) is 5.55. The summed E-state index contributed by atoms with van der Waals surface area (Å²) in [6.45, 7) is 0.544. The molecule has 0 bridgehead atoms. The third-order valence-corrected chi connectivity index (χ3v) is 6.76. The minimum atomic E-state index is -0.634. The van der Waals surface area contributed by atoms with Crippen LogP contribution in [0.2, 0.25) is 0 Å². The van der Waals surface area contributed by atoms with Gasteiger partial charge in [-0.2, -0.15) is 0 Å². The van der Waals surface area contributed by atoms with Gasteiger partial charge < -0.3 is 9.32 Å². The summed E-state index contributed by atoms with van der Waals surface area (Å²) in [5.41, 5.74) is 2.25. The fraction of sp³-hybridized carbons (Fsp3) is 0.194. The van der Waals surface area contributed by atoms with E-state index in [0.29, 0.717) is 41.3 Å². The average molecular weight is 526 g/mol. The molecule has 0 saturated carbocycles. The number of hydrogen-bond donors (Lipinski definition) is 0. The van der Waals surface area contributed by atoms with Gasteiger partial charge in [0.15, 0.2) is 0 Å². The molecule has 3 aromatic carbocycles. The van der Waals surface area contributed by atoms with Crippen molar-refractivity contribution in [1.82, 2.24) is 14.5 Å². The summed E-state index contributed by atoms with van der Waals surface area (Å²) in [6, 6.07) is 29.8. The van der Waals surface area contributed by atoms with E-state index in [2.05, 4.69) is 0 Å². The monoisotopic (exact) mass is 525 g/mol. The molecule has 0 spiro atoms. The smallest absolute Gasteiger partial charge is 0.261 e. The molecular weight excluding hydrogens is 498 g/mol. The van der Waals surface area contributed by atoms with Crippen molar-refractivity contribution in [2.75, 3.05) is 5.88 Å². The maximum atomic E-state index is 14.0. The highest BCUT2D eigenvalue weighted by atomic mass is 35.5. The lowest BCUT2D eigenvalue weighted by molar-refractivity contribution is -0.134. The molecule has 6 nitrogen and oxygen atoms in total. The highest BCUT2D eigenvalue weighted by Crippen LogP contribution is 2.31. The molecule has 38 heavy (non-hydrogen) atoms. The summed E-state index contributed by atoms with van der Waals surface area (Å²) >= 11 is 5.96. The first-order chi connectivity index (χ1) is 18.7. The second-order valence-electron chi connectivity index (χ2n) is 9.07. The second kappa shape index (κ2) is 11.9. The molecule has 5 aromatic rings. The molecule has 5 rings (SSSR count). The van der Waals surface area contributed by atoms with E-state index in [4.69, 9.17) is 21.0 Å². The summed E-state index contributed by atoms with van der Waals surface area (Å²) in [5, 5.41) is 0.532. The third-order valence-electron chi connectivity index (χ3n) is 6.50. The summed E-state index contributed by atoms with van der Waals surface area (Å²) in [7, 11) is 0. The molecule has 0 aliphatic rings. The van der Waals surface area contributed by atoms with Crippen LogP contribution in [0.3, 0.4) is 0 Å². The van der Waals surface area contributed by atoms with Crippen LogP contribution in [-0.4, -0.2) is 26.2 Å². The van der Waals surface area contributed by atoms with E-state index in [1.54, 1.807) is 27.9 Å². The second-order valence-corrected chi connectivity index (χ2v) is 9.45. The Bertz CT molecular complexity index is 1550. The highest BCUT2D eigenvalue weighted by Gasteiger charge is 2.31. The number of carbonyl (C=O) groups is 1. The van der Waals surface area contributed by atoms with Crippen LogP contribution in [0, 0.1) is 0 Å². The fourth-order valence-corrected chi connectivity index (χ4v) is 4.81. The number of amides is 1. The Kier molecular flexibility index (Phi) is 8.00. The quantitative estimate of drug-likeness (QED) is 0.204. The van der Waals surface area contributed by atoms with Gasteiger partial charge in [-0.25, -0.2) is 4.98 Å². The zero-order chi connectivity index (χ0) is 26.3. The highest BCUT2D eigenvalue weighted by molar-refractivity contribution is 6.17. The molecule has 192 valence electrons. The van der Waals surface area contributed by atoms with E-state index in [1.807, 2.05) is 84.9 Å². The van der Waals surface area contributed by atoms with E-state index < -0.39 is 6.04 Å². The van der Waals surface area contributed by atoms with Gasteiger partial charge in [-0.3, -0.25) is 14.2 Å². The first-order valence-corrected chi connectivity index (χ1v) is 13.2. The van der Waals surface area contributed by atoms with Crippen LogP contribution in [0.25, 0.3) is 10.9 Å². The number of carbonyl (C=O) groups excluding carboxylic acids is 1. The molecule has 1 unspecified atom stereocenters. The number of alkyl halides is 1. The molecular formula is C31H28ClN3O3. The van der Waals surface area contributed by atoms with Gasteiger partial charge in [0.1, 0.15) is 17.6 Å². The van der Waals surface area contributed by atoms with Gasteiger partial charge in [0.25, 0.3) is 5.56 Å². The normalized spacial score (nSPS) is 11.9. The molecule has 7 heteroatoms. The minimum Gasteiger partial charge on any atom is -0.467 e. The lowest BCUT2D eigenvalue weighted by Crippen LogP contribution is -2.39. The van der Waals surface area contributed by atoms with E-state index in [9.17, 15) is 9.59 Å². The van der Waals surface area contributed by atoms with Crippen LogP contribution in [0.4, 0.5) is 0 Å². The van der Waals surface area contributed by atoms with Gasteiger partial charge >= 0.3 is 0 Å². The number of hydrogen-bond acceptors (Lipinski definition) is 4. The van der Waals surface area contributed by atoms with Crippen LogP contribution in [-0.2, 0) is 17.9 Å². The number of para-hydroxylation sites is 1.